The third kappa shape index (κ3) is 9.92. The van der Waals surface area contributed by atoms with Crippen molar-refractivity contribution in [1.82, 2.24) is 19.8 Å². The molecule has 0 bridgehead atoms. The number of nitrogens with zero attached hydrogens (tertiary/aromatic N) is 2. The van der Waals surface area contributed by atoms with Crippen LogP contribution in [0.15, 0.2) is 89.8 Å². The Hall–Kier alpha value is -3.96. The number of hydrogen-bond donors (Lipinski definition) is 2. The normalized spacial score (nSPS) is 17.8. The number of sulfonamides is 1. The highest BCUT2D eigenvalue weighted by atomic mass is 35.5. The predicted molar refractivity (Wildman–Crippen MR) is 208 cm³/mol. The van der Waals surface area contributed by atoms with Gasteiger partial charge in [0.2, 0.25) is 21.8 Å². The van der Waals surface area contributed by atoms with E-state index in [1.54, 1.807) is 67.6 Å². The largest absolute Gasteiger partial charge is 0.497 e. The Morgan fingerprint density at radius 3 is 2.15 bits per heavy atom. The van der Waals surface area contributed by atoms with E-state index in [4.69, 9.17) is 16.3 Å². The molecule has 278 valence electrons. The molecule has 11 heteroatoms. The Labute approximate surface area is 313 Å². The van der Waals surface area contributed by atoms with Gasteiger partial charge in [-0.05, 0) is 104 Å². The summed E-state index contributed by atoms with van der Waals surface area (Å²) in [7, 11) is -0.785. The molecule has 0 radical (unpaired) electrons. The summed E-state index contributed by atoms with van der Waals surface area (Å²) in [6.07, 6.45) is 3.71. The average molecular weight is 747 g/mol. The van der Waals surface area contributed by atoms with Crippen molar-refractivity contribution >= 4 is 44.2 Å². The molecule has 4 aromatic rings. The minimum atomic E-state index is -4.08. The molecule has 1 aliphatic heterocycles. The van der Waals surface area contributed by atoms with Crippen LogP contribution in [0.4, 0.5) is 0 Å². The van der Waals surface area contributed by atoms with Crippen molar-refractivity contribution < 1.29 is 22.7 Å². The van der Waals surface area contributed by atoms with Gasteiger partial charge in [-0.25, -0.2) is 13.1 Å². The lowest BCUT2D eigenvalue weighted by Crippen LogP contribution is -2.50. The van der Waals surface area contributed by atoms with E-state index in [0.29, 0.717) is 28.4 Å². The summed E-state index contributed by atoms with van der Waals surface area (Å²) in [6, 6.07) is 24.4. The molecule has 4 aromatic carbocycles. The summed E-state index contributed by atoms with van der Waals surface area (Å²) in [5, 5.41) is 4.99. The number of nitrogens with one attached hydrogen (secondary N) is 2. The zero-order valence-electron chi connectivity index (χ0n) is 30.9. The molecule has 0 aromatic heterocycles. The summed E-state index contributed by atoms with van der Waals surface area (Å²) in [5.41, 5.74) is 2.69. The van der Waals surface area contributed by atoms with E-state index in [-0.39, 0.29) is 29.7 Å². The third-order valence-electron chi connectivity index (χ3n) is 10.2. The second-order valence-corrected chi connectivity index (χ2v) is 16.4. The van der Waals surface area contributed by atoms with Crippen LogP contribution in [0.5, 0.6) is 5.75 Å². The molecule has 0 aliphatic carbocycles. The van der Waals surface area contributed by atoms with E-state index in [9.17, 15) is 18.0 Å². The van der Waals surface area contributed by atoms with Crippen molar-refractivity contribution in [3.8, 4) is 5.75 Å². The van der Waals surface area contributed by atoms with E-state index in [0.717, 1.165) is 22.9 Å². The van der Waals surface area contributed by atoms with Crippen LogP contribution >= 0.6 is 11.6 Å². The Morgan fingerprint density at radius 2 is 1.52 bits per heavy atom. The molecule has 1 aliphatic rings. The standard InChI is InChI=1S/C41H51ClN4O5S/c1-27(2)45(5)41(48)39(22-30-10-12-31(13-11-30)26-46-28(3)8-7-9-29(46)4)43-40(47)25-38(32-14-18-35(42)19-15-32)44-52(49,50)37-21-17-33-23-36(51-6)20-16-34(33)24-37/h10-21,23-24,27-29,38-39,44H,7-9,22,25-26H2,1-6H3,(H,43,47)/t28?,29?,38-,39+/m0/s1. The summed E-state index contributed by atoms with van der Waals surface area (Å²) >= 11 is 6.16. The van der Waals surface area contributed by atoms with Gasteiger partial charge in [-0.2, -0.15) is 0 Å². The summed E-state index contributed by atoms with van der Waals surface area (Å²) in [4.78, 5) is 31.8. The van der Waals surface area contributed by atoms with Gasteiger partial charge in [0, 0.05) is 49.6 Å². The van der Waals surface area contributed by atoms with Gasteiger partial charge in [0.15, 0.2) is 0 Å². The molecule has 9 nitrogen and oxygen atoms in total. The minimum Gasteiger partial charge on any atom is -0.497 e. The number of carbonyl (C=O) groups is 2. The zero-order chi connectivity index (χ0) is 37.6. The topological polar surface area (TPSA) is 108 Å². The smallest absolute Gasteiger partial charge is 0.245 e. The third-order valence-corrected chi connectivity index (χ3v) is 12.0. The molecule has 2 amide bonds. The number of likely N-dealkylation sites (N-methyl/N-ethyl adjacent to an activating group) is 1. The van der Waals surface area contributed by atoms with Crippen LogP contribution in [-0.4, -0.2) is 68.4 Å². The van der Waals surface area contributed by atoms with Crippen molar-refractivity contribution in [2.24, 2.45) is 0 Å². The van der Waals surface area contributed by atoms with Crippen molar-refractivity contribution in [1.29, 1.82) is 0 Å². The number of likely N-dealkylation sites (tertiary alicyclic amines) is 1. The minimum absolute atomic E-state index is 0.0591. The Kier molecular flexibility index (Phi) is 13.0. The van der Waals surface area contributed by atoms with E-state index >= 15 is 0 Å². The van der Waals surface area contributed by atoms with Gasteiger partial charge in [-0.3, -0.25) is 14.5 Å². The number of methoxy groups -OCH3 is 1. The highest BCUT2D eigenvalue weighted by Gasteiger charge is 2.30. The second-order valence-electron chi connectivity index (χ2n) is 14.3. The first-order valence-electron chi connectivity index (χ1n) is 18.0. The Balaban J connectivity index is 1.35. The monoisotopic (exact) mass is 746 g/mol. The van der Waals surface area contributed by atoms with Gasteiger partial charge in [0.05, 0.1) is 18.0 Å². The number of benzene rings is 4. The molecule has 5 rings (SSSR count). The molecular weight excluding hydrogens is 696 g/mol. The molecule has 4 atom stereocenters. The number of halogens is 1. The number of ether oxygens (including phenoxy) is 1. The van der Waals surface area contributed by atoms with Gasteiger partial charge in [0.1, 0.15) is 11.8 Å². The van der Waals surface area contributed by atoms with E-state index in [1.165, 1.54) is 30.9 Å². The van der Waals surface area contributed by atoms with Crippen LogP contribution in [0, 0.1) is 0 Å². The summed E-state index contributed by atoms with van der Waals surface area (Å²) in [5.74, 6) is -0.0195. The predicted octanol–water partition coefficient (Wildman–Crippen LogP) is 7.27. The lowest BCUT2D eigenvalue weighted by Gasteiger charge is -2.39. The second kappa shape index (κ2) is 17.2. The van der Waals surface area contributed by atoms with Crippen LogP contribution < -0.4 is 14.8 Å². The SMILES string of the molecule is COc1ccc2cc(S(=O)(=O)N[C@@H](CC(=O)N[C@H](Cc3ccc(CN4C(C)CCCC4C)cc3)C(=O)N(C)C(C)C)c3ccc(Cl)cc3)ccc2c1. The van der Waals surface area contributed by atoms with Crippen molar-refractivity contribution in [2.75, 3.05) is 14.2 Å². The molecule has 1 fully saturated rings. The number of carbonyl (C=O) groups excluding carboxylic acids is 2. The van der Waals surface area contributed by atoms with Gasteiger partial charge in [0.25, 0.3) is 0 Å². The Morgan fingerprint density at radius 1 is 0.904 bits per heavy atom. The lowest BCUT2D eigenvalue weighted by molar-refractivity contribution is -0.136. The number of hydrogen-bond acceptors (Lipinski definition) is 6. The number of fused-ring (bicyclic) bond motifs is 1. The maximum absolute atomic E-state index is 13.8. The fraction of sp³-hybridized carbons (Fsp3) is 0.415. The fourth-order valence-corrected chi connectivity index (χ4v) is 8.21. The van der Waals surface area contributed by atoms with Gasteiger partial charge < -0.3 is 15.0 Å². The maximum Gasteiger partial charge on any atom is 0.245 e. The highest BCUT2D eigenvalue weighted by Crippen LogP contribution is 2.28. The molecular formula is C41H51ClN4O5S. The van der Waals surface area contributed by atoms with Crippen LogP contribution in [-0.2, 0) is 32.6 Å². The van der Waals surface area contributed by atoms with Gasteiger partial charge >= 0.3 is 0 Å². The van der Waals surface area contributed by atoms with E-state index in [2.05, 4.69) is 40.9 Å². The number of piperidine rings is 1. The van der Waals surface area contributed by atoms with Crippen molar-refractivity contribution in [3.05, 3.63) is 107 Å². The Bertz CT molecular complexity index is 1940. The number of rotatable bonds is 14. The van der Waals surface area contributed by atoms with Gasteiger partial charge in [-0.1, -0.05) is 66.6 Å². The molecule has 2 N–H and O–H groups in total. The number of amides is 2. The molecule has 1 saturated heterocycles. The molecule has 0 spiro atoms. The lowest BCUT2D eigenvalue weighted by atomic mass is 9.96. The first kappa shape index (κ1) is 39.3. The first-order valence-corrected chi connectivity index (χ1v) is 19.9. The molecule has 0 saturated carbocycles. The highest BCUT2D eigenvalue weighted by molar-refractivity contribution is 7.89. The van der Waals surface area contributed by atoms with Crippen molar-refractivity contribution in [3.63, 3.8) is 0 Å². The van der Waals surface area contributed by atoms with E-state index < -0.39 is 28.0 Å². The zero-order valence-corrected chi connectivity index (χ0v) is 32.5. The molecule has 1 heterocycles. The fourth-order valence-electron chi connectivity index (χ4n) is 6.83. The van der Waals surface area contributed by atoms with Crippen LogP contribution in [0.3, 0.4) is 0 Å². The van der Waals surface area contributed by atoms with Gasteiger partial charge in [-0.15, -0.1) is 0 Å². The van der Waals surface area contributed by atoms with Crippen LogP contribution in [0.2, 0.25) is 5.02 Å². The quantitative estimate of drug-likeness (QED) is 0.141. The van der Waals surface area contributed by atoms with Crippen molar-refractivity contribution in [2.45, 2.75) is 101 Å². The molecule has 52 heavy (non-hydrogen) atoms. The van der Waals surface area contributed by atoms with E-state index in [1.807, 2.05) is 32.0 Å². The maximum atomic E-state index is 13.8. The average Bonchev–Trinajstić information content (AvgIpc) is 3.12. The first-order chi connectivity index (χ1) is 24.7. The molecule has 2 unspecified atom stereocenters. The summed E-state index contributed by atoms with van der Waals surface area (Å²) in [6.45, 7) is 9.29. The van der Waals surface area contributed by atoms with Crippen LogP contribution in [0.1, 0.15) is 76.1 Å². The van der Waals surface area contributed by atoms with Crippen LogP contribution in [0.25, 0.3) is 10.8 Å². The summed E-state index contributed by atoms with van der Waals surface area (Å²) < 4.78 is 35.6.